The van der Waals surface area contributed by atoms with Gasteiger partial charge in [0.05, 0.1) is 0 Å². The normalized spacial score (nSPS) is 32.1. The molecule has 0 aromatic heterocycles. The smallest absolute Gasteiger partial charge is 0.410 e. The van der Waals surface area contributed by atoms with Crippen molar-refractivity contribution in [2.75, 3.05) is 26.7 Å². The van der Waals surface area contributed by atoms with Crippen molar-refractivity contribution in [3.8, 4) is 0 Å². The minimum absolute atomic E-state index is 0.209. The molecule has 1 aliphatic heterocycles. The lowest BCUT2D eigenvalue weighted by molar-refractivity contribution is 0.0265. The summed E-state index contributed by atoms with van der Waals surface area (Å²) in [6.07, 6.45) is 1.05. The number of piperidine rings is 1. The van der Waals surface area contributed by atoms with E-state index in [1.54, 1.807) is 4.90 Å². The van der Waals surface area contributed by atoms with E-state index in [0.717, 1.165) is 25.6 Å². The lowest BCUT2D eigenvalue weighted by Crippen LogP contribution is -2.38. The average molecular weight is 226 g/mol. The van der Waals surface area contributed by atoms with Gasteiger partial charge in [0.25, 0.3) is 0 Å². The third-order valence-electron chi connectivity index (χ3n) is 3.48. The zero-order chi connectivity index (χ0) is 12.0. The van der Waals surface area contributed by atoms with Crippen LogP contribution in [0.5, 0.6) is 0 Å². The number of carbonyl (C=O) groups excluding carboxylic acids is 1. The molecule has 2 aliphatic rings. The Morgan fingerprint density at radius 3 is 2.69 bits per heavy atom. The number of nitrogens with zero attached hydrogens (tertiary/aromatic N) is 1. The molecule has 92 valence electrons. The maximum atomic E-state index is 11.8. The molecule has 1 heterocycles. The van der Waals surface area contributed by atoms with Crippen LogP contribution >= 0.6 is 0 Å². The Morgan fingerprint density at radius 2 is 2.25 bits per heavy atom. The van der Waals surface area contributed by atoms with Crippen LogP contribution in [0.1, 0.15) is 27.2 Å². The summed E-state index contributed by atoms with van der Waals surface area (Å²) in [5, 5.41) is 3.38. The molecule has 0 aromatic carbocycles. The van der Waals surface area contributed by atoms with Crippen LogP contribution in [0.25, 0.3) is 0 Å². The molecule has 0 radical (unpaired) electrons. The van der Waals surface area contributed by atoms with Gasteiger partial charge in [-0.15, -0.1) is 0 Å². The molecule has 1 aliphatic carbocycles. The second kappa shape index (κ2) is 3.62. The fourth-order valence-electron chi connectivity index (χ4n) is 2.56. The van der Waals surface area contributed by atoms with Crippen LogP contribution in [0.3, 0.4) is 0 Å². The summed E-state index contributed by atoms with van der Waals surface area (Å²) in [6.45, 7) is 8.67. The van der Waals surface area contributed by atoms with E-state index in [2.05, 4.69) is 5.32 Å². The molecule has 0 aromatic rings. The van der Waals surface area contributed by atoms with E-state index in [-0.39, 0.29) is 6.09 Å². The predicted molar refractivity (Wildman–Crippen MR) is 62.3 cm³/mol. The van der Waals surface area contributed by atoms with Gasteiger partial charge in [-0.2, -0.15) is 0 Å². The fraction of sp³-hybridized carbons (Fsp3) is 0.917. The van der Waals surface area contributed by atoms with Gasteiger partial charge in [0.1, 0.15) is 5.60 Å². The molecule has 1 saturated carbocycles. The lowest BCUT2D eigenvalue weighted by Gasteiger charge is -2.27. The van der Waals surface area contributed by atoms with Gasteiger partial charge in [-0.25, -0.2) is 4.79 Å². The van der Waals surface area contributed by atoms with E-state index in [4.69, 9.17) is 4.74 Å². The largest absolute Gasteiger partial charge is 0.444 e. The number of rotatable bonds is 2. The molecular formula is C12H22N2O2. The van der Waals surface area contributed by atoms with Gasteiger partial charge in [-0.05, 0) is 39.7 Å². The maximum Gasteiger partial charge on any atom is 0.410 e. The second-order valence-electron chi connectivity index (χ2n) is 6.23. The van der Waals surface area contributed by atoms with Gasteiger partial charge in [-0.3, -0.25) is 0 Å². The Kier molecular flexibility index (Phi) is 2.65. The molecule has 0 bridgehead atoms. The zero-order valence-corrected chi connectivity index (χ0v) is 10.7. The highest BCUT2D eigenvalue weighted by atomic mass is 16.6. The van der Waals surface area contributed by atoms with Gasteiger partial charge in [0, 0.05) is 25.6 Å². The first-order valence-corrected chi connectivity index (χ1v) is 5.97. The molecule has 4 nitrogen and oxygen atoms in total. The SMILES string of the molecule is CN(C[C@]12CNC[C@@H]1C2)C(=O)OC(C)(C)C. The van der Waals surface area contributed by atoms with Crippen LogP contribution in [0, 0.1) is 11.3 Å². The number of hydrogen-bond acceptors (Lipinski definition) is 3. The quantitative estimate of drug-likeness (QED) is 0.775. The molecule has 2 rings (SSSR count). The third-order valence-corrected chi connectivity index (χ3v) is 3.48. The molecule has 2 fully saturated rings. The number of amides is 1. The number of carbonyl (C=O) groups is 1. The molecular weight excluding hydrogens is 204 g/mol. The van der Waals surface area contributed by atoms with Crippen molar-refractivity contribution in [3.05, 3.63) is 0 Å². The Bertz CT molecular complexity index is 298. The van der Waals surface area contributed by atoms with Crippen LogP contribution in [0.15, 0.2) is 0 Å². The monoisotopic (exact) mass is 226 g/mol. The van der Waals surface area contributed by atoms with Crippen LogP contribution < -0.4 is 5.32 Å². The average Bonchev–Trinajstić information content (AvgIpc) is 2.65. The third kappa shape index (κ3) is 2.32. The summed E-state index contributed by atoms with van der Waals surface area (Å²) in [5.74, 6) is 0.775. The number of nitrogens with one attached hydrogen (secondary N) is 1. The van der Waals surface area contributed by atoms with Crippen molar-refractivity contribution < 1.29 is 9.53 Å². The van der Waals surface area contributed by atoms with Crippen LogP contribution in [0.2, 0.25) is 0 Å². The summed E-state index contributed by atoms with van der Waals surface area (Å²) in [6, 6.07) is 0. The summed E-state index contributed by atoms with van der Waals surface area (Å²) in [7, 11) is 1.83. The zero-order valence-electron chi connectivity index (χ0n) is 10.7. The first-order chi connectivity index (χ1) is 7.32. The van der Waals surface area contributed by atoms with E-state index in [1.165, 1.54) is 6.42 Å². The van der Waals surface area contributed by atoms with Crippen LogP contribution in [0.4, 0.5) is 4.79 Å². The van der Waals surface area contributed by atoms with E-state index in [1.807, 2.05) is 27.8 Å². The van der Waals surface area contributed by atoms with Crippen molar-refractivity contribution in [2.24, 2.45) is 11.3 Å². The molecule has 4 heteroatoms. The topological polar surface area (TPSA) is 41.6 Å². The molecule has 1 saturated heterocycles. The highest BCUT2D eigenvalue weighted by Crippen LogP contribution is 2.55. The van der Waals surface area contributed by atoms with Gasteiger partial charge in [0.15, 0.2) is 0 Å². The van der Waals surface area contributed by atoms with E-state index in [0.29, 0.717) is 5.41 Å². The summed E-state index contributed by atoms with van der Waals surface area (Å²) in [4.78, 5) is 13.5. The summed E-state index contributed by atoms with van der Waals surface area (Å²) in [5.41, 5.74) is -0.0501. The van der Waals surface area contributed by atoms with E-state index < -0.39 is 5.60 Å². The minimum Gasteiger partial charge on any atom is -0.444 e. The molecule has 2 atom stereocenters. The van der Waals surface area contributed by atoms with Crippen molar-refractivity contribution in [1.29, 1.82) is 0 Å². The highest BCUT2D eigenvalue weighted by molar-refractivity contribution is 5.67. The molecule has 1 amide bonds. The van der Waals surface area contributed by atoms with E-state index >= 15 is 0 Å². The van der Waals surface area contributed by atoms with Gasteiger partial charge in [0.2, 0.25) is 0 Å². The maximum absolute atomic E-state index is 11.8. The number of fused-ring (bicyclic) bond motifs is 1. The predicted octanol–water partition coefficient (Wildman–Crippen LogP) is 1.46. The molecule has 0 unspecified atom stereocenters. The first kappa shape index (κ1) is 11.7. The Balaban J connectivity index is 1.84. The van der Waals surface area contributed by atoms with Gasteiger partial charge < -0.3 is 15.0 Å². The Morgan fingerprint density at radius 1 is 1.56 bits per heavy atom. The summed E-state index contributed by atoms with van der Waals surface area (Å²) < 4.78 is 5.34. The number of ether oxygens (including phenoxy) is 1. The van der Waals surface area contributed by atoms with Crippen molar-refractivity contribution in [2.45, 2.75) is 32.8 Å². The van der Waals surface area contributed by atoms with E-state index in [9.17, 15) is 4.79 Å². The molecule has 1 N–H and O–H groups in total. The second-order valence-corrected chi connectivity index (χ2v) is 6.23. The van der Waals surface area contributed by atoms with Crippen LogP contribution in [-0.4, -0.2) is 43.3 Å². The first-order valence-electron chi connectivity index (χ1n) is 5.97. The van der Waals surface area contributed by atoms with Gasteiger partial charge >= 0.3 is 6.09 Å². The molecule has 16 heavy (non-hydrogen) atoms. The van der Waals surface area contributed by atoms with Gasteiger partial charge in [-0.1, -0.05) is 0 Å². The Labute approximate surface area is 97.3 Å². The lowest BCUT2D eigenvalue weighted by atomic mass is 10.1. The Hall–Kier alpha value is -0.770. The molecule has 0 spiro atoms. The fourth-order valence-corrected chi connectivity index (χ4v) is 2.56. The number of hydrogen-bond donors (Lipinski definition) is 1. The minimum atomic E-state index is -0.403. The van der Waals surface area contributed by atoms with Crippen LogP contribution in [-0.2, 0) is 4.74 Å². The summed E-state index contributed by atoms with van der Waals surface area (Å²) >= 11 is 0. The van der Waals surface area contributed by atoms with Crippen molar-refractivity contribution in [3.63, 3.8) is 0 Å². The highest BCUT2D eigenvalue weighted by Gasteiger charge is 2.57. The standard InChI is InChI=1S/C12H22N2O2/c1-11(2,3)16-10(15)14(4)8-12-5-9(12)6-13-7-12/h9,13H,5-8H2,1-4H3/t9-,12-/m0/s1. The van der Waals surface area contributed by atoms with Crippen molar-refractivity contribution >= 4 is 6.09 Å². The van der Waals surface area contributed by atoms with Crippen molar-refractivity contribution in [1.82, 2.24) is 10.2 Å².